The van der Waals surface area contributed by atoms with E-state index in [9.17, 15) is 13.2 Å². The average Bonchev–Trinajstić information content (AvgIpc) is 3.22. The highest BCUT2D eigenvalue weighted by atomic mass is 19.4. The van der Waals surface area contributed by atoms with E-state index in [0.717, 1.165) is 32.4 Å². The Morgan fingerprint density at radius 3 is 2.74 bits per heavy atom. The van der Waals surface area contributed by atoms with Crippen molar-refractivity contribution in [1.29, 1.82) is 0 Å². The molecule has 1 fully saturated rings. The highest BCUT2D eigenvalue weighted by molar-refractivity contribution is 5.66. The first kappa shape index (κ1) is 23.1. The van der Waals surface area contributed by atoms with Crippen LogP contribution < -0.4 is 15.4 Å². The van der Waals surface area contributed by atoms with E-state index in [1.165, 1.54) is 18.2 Å². The van der Waals surface area contributed by atoms with E-state index in [1.54, 1.807) is 12.1 Å². The summed E-state index contributed by atoms with van der Waals surface area (Å²) in [6.45, 7) is 2.94. The van der Waals surface area contributed by atoms with Crippen LogP contribution in [-0.2, 0) is 4.74 Å². The third-order valence-corrected chi connectivity index (χ3v) is 4.69. The zero-order chi connectivity index (χ0) is 22.3. The number of hydrogen-bond acceptors (Lipinski definition) is 7. The summed E-state index contributed by atoms with van der Waals surface area (Å²) in [6.07, 6.45) is -1.71. The van der Waals surface area contributed by atoms with Crippen LogP contribution in [0.1, 0.15) is 19.3 Å². The summed E-state index contributed by atoms with van der Waals surface area (Å²) in [7, 11) is 4.00. The number of rotatable bonds is 10. The zero-order valence-electron chi connectivity index (χ0n) is 17.7. The molecule has 2 N–H and O–H groups in total. The standard InChI is InChI=1S/C21H28F3N5O2/c1-29(2)10-5-9-25-20-27-18(13-19(28-20)26-14-17-8-4-11-30-17)15-6-3-7-16(12-15)31-21(22,23)24/h3,6-7,12-13,17H,4-5,8-11,14H2,1-2H3,(H2,25,26,27,28)/t17-/m0/s1. The Kier molecular flexibility index (Phi) is 7.91. The second-order valence-corrected chi connectivity index (χ2v) is 7.64. The van der Waals surface area contributed by atoms with E-state index in [-0.39, 0.29) is 11.9 Å². The van der Waals surface area contributed by atoms with Crippen LogP contribution in [0, 0.1) is 0 Å². The van der Waals surface area contributed by atoms with Gasteiger partial charge in [0.05, 0.1) is 11.8 Å². The molecule has 0 radical (unpaired) electrons. The third-order valence-electron chi connectivity index (χ3n) is 4.69. The number of halogens is 3. The van der Waals surface area contributed by atoms with Gasteiger partial charge in [0.25, 0.3) is 0 Å². The summed E-state index contributed by atoms with van der Waals surface area (Å²) in [5.74, 6) is 0.698. The van der Waals surface area contributed by atoms with E-state index in [0.29, 0.717) is 36.1 Å². The van der Waals surface area contributed by atoms with Crippen LogP contribution in [0.5, 0.6) is 5.75 Å². The monoisotopic (exact) mass is 439 g/mol. The fourth-order valence-electron chi connectivity index (χ4n) is 3.24. The maximum atomic E-state index is 12.6. The first-order chi connectivity index (χ1) is 14.8. The van der Waals surface area contributed by atoms with Crippen LogP contribution in [0.2, 0.25) is 0 Å². The minimum atomic E-state index is -4.75. The minimum Gasteiger partial charge on any atom is -0.406 e. The topological polar surface area (TPSA) is 71.5 Å². The molecule has 0 unspecified atom stereocenters. The summed E-state index contributed by atoms with van der Waals surface area (Å²) < 4.78 is 47.5. The molecule has 0 amide bonds. The van der Waals surface area contributed by atoms with E-state index in [2.05, 4.69) is 30.2 Å². The van der Waals surface area contributed by atoms with E-state index < -0.39 is 6.36 Å². The fraction of sp³-hybridized carbons (Fsp3) is 0.524. The Labute approximate surface area is 180 Å². The number of ether oxygens (including phenoxy) is 2. The lowest BCUT2D eigenvalue weighted by Gasteiger charge is -2.15. The van der Waals surface area contributed by atoms with Crippen LogP contribution >= 0.6 is 0 Å². The first-order valence-electron chi connectivity index (χ1n) is 10.3. The number of alkyl halides is 3. The molecule has 0 spiro atoms. The summed E-state index contributed by atoms with van der Waals surface area (Å²) in [4.78, 5) is 11.1. The Morgan fingerprint density at radius 2 is 2.03 bits per heavy atom. The Morgan fingerprint density at radius 1 is 1.19 bits per heavy atom. The number of benzene rings is 1. The van der Waals surface area contributed by atoms with Crippen LogP contribution in [0.15, 0.2) is 30.3 Å². The molecule has 3 rings (SSSR count). The van der Waals surface area contributed by atoms with Crippen molar-refractivity contribution in [3.63, 3.8) is 0 Å². The number of aromatic nitrogens is 2. The maximum Gasteiger partial charge on any atom is 0.573 e. The summed E-state index contributed by atoms with van der Waals surface area (Å²) in [5, 5.41) is 6.46. The lowest BCUT2D eigenvalue weighted by Crippen LogP contribution is -2.20. The number of nitrogens with one attached hydrogen (secondary N) is 2. The van der Waals surface area contributed by atoms with Gasteiger partial charge in [0.1, 0.15) is 11.6 Å². The van der Waals surface area contributed by atoms with Gasteiger partial charge in [-0.05, 0) is 52.0 Å². The maximum absolute atomic E-state index is 12.6. The molecule has 1 atom stereocenters. The van der Waals surface area contributed by atoms with Gasteiger partial charge in [-0.25, -0.2) is 4.98 Å². The largest absolute Gasteiger partial charge is 0.573 e. The number of nitrogens with zero attached hydrogens (tertiary/aromatic N) is 3. The minimum absolute atomic E-state index is 0.124. The van der Waals surface area contributed by atoms with Gasteiger partial charge < -0.3 is 25.0 Å². The van der Waals surface area contributed by atoms with Crippen molar-refractivity contribution in [2.45, 2.75) is 31.7 Å². The smallest absolute Gasteiger partial charge is 0.406 e. The van der Waals surface area contributed by atoms with Gasteiger partial charge in [-0.2, -0.15) is 4.98 Å². The highest BCUT2D eigenvalue weighted by Crippen LogP contribution is 2.28. The SMILES string of the molecule is CN(C)CCCNc1nc(NC[C@@H]2CCCO2)cc(-c2cccc(OC(F)(F)F)c2)n1. The lowest BCUT2D eigenvalue weighted by molar-refractivity contribution is -0.274. The van der Waals surface area contributed by atoms with E-state index in [1.807, 2.05) is 14.1 Å². The molecule has 170 valence electrons. The second kappa shape index (κ2) is 10.6. The van der Waals surface area contributed by atoms with Crippen molar-refractivity contribution in [2.24, 2.45) is 0 Å². The van der Waals surface area contributed by atoms with Crippen molar-refractivity contribution < 1.29 is 22.6 Å². The Hall–Kier alpha value is -2.59. The molecule has 1 aromatic heterocycles. The predicted molar refractivity (Wildman–Crippen MR) is 113 cm³/mol. The van der Waals surface area contributed by atoms with Crippen LogP contribution in [0.4, 0.5) is 24.9 Å². The molecule has 1 saturated heterocycles. The van der Waals surface area contributed by atoms with Gasteiger partial charge >= 0.3 is 6.36 Å². The molecule has 0 bridgehead atoms. The van der Waals surface area contributed by atoms with Crippen LogP contribution in [0.3, 0.4) is 0 Å². The van der Waals surface area contributed by atoms with Crippen molar-refractivity contribution in [3.8, 4) is 17.0 Å². The molecule has 2 heterocycles. The van der Waals surface area contributed by atoms with E-state index in [4.69, 9.17) is 4.74 Å². The third kappa shape index (κ3) is 7.87. The summed E-state index contributed by atoms with van der Waals surface area (Å²) in [6, 6.07) is 7.48. The molecule has 1 aromatic carbocycles. The average molecular weight is 439 g/mol. The molecular formula is C21H28F3N5O2. The zero-order valence-corrected chi connectivity index (χ0v) is 17.7. The molecule has 0 saturated carbocycles. The molecular weight excluding hydrogens is 411 g/mol. The fourth-order valence-corrected chi connectivity index (χ4v) is 3.24. The van der Waals surface area contributed by atoms with Gasteiger partial charge in [-0.15, -0.1) is 13.2 Å². The first-order valence-corrected chi connectivity index (χ1v) is 10.3. The second-order valence-electron chi connectivity index (χ2n) is 7.64. The number of anilines is 2. The molecule has 0 aliphatic carbocycles. The summed E-state index contributed by atoms with van der Waals surface area (Å²) in [5.41, 5.74) is 0.994. The van der Waals surface area contributed by atoms with Crippen molar-refractivity contribution in [2.75, 3.05) is 51.0 Å². The van der Waals surface area contributed by atoms with Crippen LogP contribution in [-0.4, -0.2) is 67.7 Å². The van der Waals surface area contributed by atoms with Crippen molar-refractivity contribution in [1.82, 2.24) is 14.9 Å². The quantitative estimate of drug-likeness (QED) is 0.542. The predicted octanol–water partition coefficient (Wildman–Crippen LogP) is 4.00. The molecule has 2 aromatic rings. The molecule has 7 nitrogen and oxygen atoms in total. The molecule has 1 aliphatic rings. The van der Waals surface area contributed by atoms with Crippen molar-refractivity contribution in [3.05, 3.63) is 30.3 Å². The lowest BCUT2D eigenvalue weighted by atomic mass is 10.1. The van der Waals surface area contributed by atoms with Gasteiger partial charge in [0, 0.05) is 31.3 Å². The van der Waals surface area contributed by atoms with E-state index >= 15 is 0 Å². The molecule has 1 aliphatic heterocycles. The Bertz CT molecular complexity index is 842. The van der Waals surface area contributed by atoms with Gasteiger partial charge in [-0.1, -0.05) is 12.1 Å². The van der Waals surface area contributed by atoms with Gasteiger partial charge in [0.2, 0.25) is 5.95 Å². The molecule has 10 heteroatoms. The van der Waals surface area contributed by atoms with Crippen molar-refractivity contribution >= 4 is 11.8 Å². The van der Waals surface area contributed by atoms with Gasteiger partial charge in [-0.3, -0.25) is 0 Å². The van der Waals surface area contributed by atoms with Gasteiger partial charge in [0.15, 0.2) is 0 Å². The highest BCUT2D eigenvalue weighted by Gasteiger charge is 2.31. The number of hydrogen-bond donors (Lipinski definition) is 2. The summed E-state index contributed by atoms with van der Waals surface area (Å²) >= 11 is 0. The normalized spacial score (nSPS) is 16.5. The molecule has 31 heavy (non-hydrogen) atoms. The Balaban J connectivity index is 1.78. The van der Waals surface area contributed by atoms with Crippen LogP contribution in [0.25, 0.3) is 11.3 Å².